The lowest BCUT2D eigenvalue weighted by molar-refractivity contribution is 0.446. The van der Waals surface area contributed by atoms with Gasteiger partial charge in [-0.15, -0.1) is 0 Å². The molecule has 7 nitrogen and oxygen atoms in total. The number of aryl methyl sites for hydroxylation is 1. The van der Waals surface area contributed by atoms with Gasteiger partial charge in [-0.25, -0.2) is 26.3 Å². The summed E-state index contributed by atoms with van der Waals surface area (Å²) in [6, 6.07) is 4.51. The second-order valence-electron chi connectivity index (χ2n) is 5.66. The van der Waals surface area contributed by atoms with Gasteiger partial charge in [0, 0.05) is 17.8 Å². The van der Waals surface area contributed by atoms with Gasteiger partial charge < -0.3 is 5.73 Å². The van der Waals surface area contributed by atoms with Gasteiger partial charge in [0.2, 0.25) is 20.0 Å². The minimum atomic E-state index is -3.76. The Morgan fingerprint density at radius 1 is 1.14 bits per heavy atom. The molecule has 0 saturated carbocycles. The first kappa shape index (κ1) is 17.9. The molecule has 21 heavy (non-hydrogen) atoms. The molecule has 0 amide bonds. The average molecular weight is 335 g/mol. The highest BCUT2D eigenvalue weighted by atomic mass is 32.2. The van der Waals surface area contributed by atoms with E-state index in [2.05, 4.69) is 9.44 Å². The van der Waals surface area contributed by atoms with Gasteiger partial charge in [-0.3, -0.25) is 0 Å². The molecule has 9 heteroatoms. The smallest absolute Gasteiger partial charge is 0.240 e. The molecular weight excluding hydrogens is 314 g/mol. The first-order chi connectivity index (χ1) is 9.31. The number of nitrogen functional groups attached to an aromatic ring is 1. The molecule has 0 aromatic heterocycles. The van der Waals surface area contributed by atoms with Gasteiger partial charge in [0.25, 0.3) is 0 Å². The first-order valence-corrected chi connectivity index (χ1v) is 9.54. The van der Waals surface area contributed by atoms with Gasteiger partial charge in [0.1, 0.15) is 0 Å². The van der Waals surface area contributed by atoms with Crippen LogP contribution in [-0.2, 0) is 20.0 Å². The van der Waals surface area contributed by atoms with Crippen LogP contribution in [0.4, 0.5) is 5.69 Å². The fourth-order valence-electron chi connectivity index (χ4n) is 1.83. The van der Waals surface area contributed by atoms with Crippen LogP contribution in [0.3, 0.4) is 0 Å². The van der Waals surface area contributed by atoms with E-state index in [1.807, 2.05) is 0 Å². The maximum atomic E-state index is 12.2. The van der Waals surface area contributed by atoms with E-state index < -0.39 is 25.6 Å². The molecule has 0 atom stereocenters. The summed E-state index contributed by atoms with van der Waals surface area (Å²) in [7, 11) is -7.19. The van der Waals surface area contributed by atoms with Crippen LogP contribution in [0.25, 0.3) is 0 Å². The zero-order valence-corrected chi connectivity index (χ0v) is 14.1. The molecule has 1 aromatic rings. The zero-order chi connectivity index (χ0) is 16.5. The Morgan fingerprint density at radius 3 is 2.19 bits per heavy atom. The van der Waals surface area contributed by atoms with Gasteiger partial charge in [0.15, 0.2) is 0 Å². The Bertz CT molecular complexity index is 705. The summed E-state index contributed by atoms with van der Waals surface area (Å²) in [5, 5.41) is 0. The summed E-state index contributed by atoms with van der Waals surface area (Å²) in [5.74, 6) is 0. The fourth-order valence-corrected chi connectivity index (χ4v) is 4.25. The normalized spacial score (nSPS) is 13.3. The van der Waals surface area contributed by atoms with E-state index in [1.54, 1.807) is 26.8 Å². The van der Waals surface area contributed by atoms with Crippen LogP contribution < -0.4 is 15.2 Å². The minimum absolute atomic E-state index is 0.0511. The molecular formula is C12H21N3O4S2. The molecule has 120 valence electrons. The summed E-state index contributed by atoms with van der Waals surface area (Å²) in [4.78, 5) is 0.0511. The van der Waals surface area contributed by atoms with Crippen LogP contribution in [0.5, 0.6) is 0 Å². The molecule has 0 aliphatic carbocycles. The Balaban J connectivity index is 2.91. The maximum absolute atomic E-state index is 12.2. The number of anilines is 1. The summed E-state index contributed by atoms with van der Waals surface area (Å²) < 4.78 is 51.6. The van der Waals surface area contributed by atoms with E-state index in [1.165, 1.54) is 12.1 Å². The molecule has 0 aliphatic rings. The molecule has 0 heterocycles. The third-order valence-corrected chi connectivity index (χ3v) is 4.85. The maximum Gasteiger partial charge on any atom is 0.240 e. The first-order valence-electron chi connectivity index (χ1n) is 6.17. The second kappa shape index (κ2) is 5.91. The molecule has 0 fully saturated rings. The van der Waals surface area contributed by atoms with Crippen molar-refractivity contribution >= 4 is 25.7 Å². The minimum Gasteiger partial charge on any atom is -0.399 e. The topological polar surface area (TPSA) is 118 Å². The van der Waals surface area contributed by atoms with Crippen molar-refractivity contribution in [2.24, 2.45) is 0 Å². The number of hydrogen-bond acceptors (Lipinski definition) is 5. The number of hydrogen-bond donors (Lipinski definition) is 3. The Morgan fingerprint density at radius 2 is 1.71 bits per heavy atom. The largest absolute Gasteiger partial charge is 0.399 e. The van der Waals surface area contributed by atoms with E-state index in [0.717, 1.165) is 11.8 Å². The molecule has 0 radical (unpaired) electrons. The lowest BCUT2D eigenvalue weighted by Gasteiger charge is -2.25. The Labute approximate surface area is 126 Å². The molecule has 1 aromatic carbocycles. The van der Waals surface area contributed by atoms with Crippen molar-refractivity contribution in [2.45, 2.75) is 31.2 Å². The van der Waals surface area contributed by atoms with Gasteiger partial charge >= 0.3 is 0 Å². The number of nitrogens with two attached hydrogens (primary N) is 1. The van der Waals surface area contributed by atoms with Crippen LogP contribution in [0, 0.1) is 6.92 Å². The van der Waals surface area contributed by atoms with Gasteiger partial charge in [-0.1, -0.05) is 0 Å². The molecule has 0 bridgehead atoms. The van der Waals surface area contributed by atoms with Crippen molar-refractivity contribution < 1.29 is 16.8 Å². The highest BCUT2D eigenvalue weighted by Gasteiger charge is 2.25. The van der Waals surface area contributed by atoms with Crippen LogP contribution >= 0.6 is 0 Å². The van der Waals surface area contributed by atoms with Crippen molar-refractivity contribution in [3.8, 4) is 0 Å². The summed E-state index contributed by atoms with van der Waals surface area (Å²) >= 11 is 0. The zero-order valence-electron chi connectivity index (χ0n) is 12.5. The average Bonchev–Trinajstić information content (AvgIpc) is 2.22. The van der Waals surface area contributed by atoms with E-state index in [0.29, 0.717) is 5.69 Å². The standard InChI is InChI=1S/C12H21N3O4S2/c1-9-5-10(13)7-11(6-9)21(18,19)14-8-12(2,3)15-20(4,16)17/h5-7,14-15H,8,13H2,1-4H3. The van der Waals surface area contributed by atoms with E-state index in [-0.39, 0.29) is 11.4 Å². The van der Waals surface area contributed by atoms with Crippen molar-refractivity contribution in [3.63, 3.8) is 0 Å². The van der Waals surface area contributed by atoms with Crippen LogP contribution in [0.15, 0.2) is 23.1 Å². The predicted molar refractivity (Wildman–Crippen MR) is 82.8 cm³/mol. The second-order valence-corrected chi connectivity index (χ2v) is 9.18. The summed E-state index contributed by atoms with van der Waals surface area (Å²) in [5.41, 5.74) is 5.77. The summed E-state index contributed by atoms with van der Waals surface area (Å²) in [6.07, 6.45) is 1.02. The van der Waals surface area contributed by atoms with Gasteiger partial charge in [-0.2, -0.15) is 0 Å². The van der Waals surface area contributed by atoms with Gasteiger partial charge in [-0.05, 0) is 44.5 Å². The lowest BCUT2D eigenvalue weighted by Crippen LogP contribution is -2.50. The van der Waals surface area contributed by atoms with Crippen molar-refractivity contribution in [1.29, 1.82) is 0 Å². The number of nitrogens with one attached hydrogen (secondary N) is 2. The highest BCUT2D eigenvalue weighted by molar-refractivity contribution is 7.89. The third kappa shape index (κ3) is 6.00. The van der Waals surface area contributed by atoms with Crippen LogP contribution in [-0.4, -0.2) is 35.2 Å². The van der Waals surface area contributed by atoms with E-state index in [9.17, 15) is 16.8 Å². The molecule has 4 N–H and O–H groups in total. The Kier molecular flexibility index (Phi) is 5.04. The van der Waals surface area contributed by atoms with Crippen molar-refractivity contribution in [1.82, 2.24) is 9.44 Å². The van der Waals surface area contributed by atoms with E-state index in [4.69, 9.17) is 5.73 Å². The molecule has 1 rings (SSSR count). The van der Waals surface area contributed by atoms with Gasteiger partial charge in [0.05, 0.1) is 11.2 Å². The van der Waals surface area contributed by atoms with Crippen molar-refractivity contribution in [3.05, 3.63) is 23.8 Å². The number of rotatable bonds is 6. The van der Waals surface area contributed by atoms with Crippen molar-refractivity contribution in [2.75, 3.05) is 18.5 Å². The number of sulfonamides is 2. The highest BCUT2D eigenvalue weighted by Crippen LogP contribution is 2.16. The molecule has 0 saturated heterocycles. The monoisotopic (exact) mass is 335 g/mol. The van der Waals surface area contributed by atoms with Crippen LogP contribution in [0.1, 0.15) is 19.4 Å². The van der Waals surface area contributed by atoms with Crippen LogP contribution in [0.2, 0.25) is 0 Å². The summed E-state index contributed by atoms with van der Waals surface area (Å²) in [6.45, 7) is 4.82. The molecule has 0 aliphatic heterocycles. The molecule has 0 spiro atoms. The molecule has 0 unspecified atom stereocenters. The van der Waals surface area contributed by atoms with E-state index >= 15 is 0 Å². The number of benzene rings is 1. The predicted octanol–water partition coefficient (Wildman–Crippen LogP) is 0.183. The SMILES string of the molecule is Cc1cc(N)cc(S(=O)(=O)NCC(C)(C)NS(C)(=O)=O)c1. The quantitative estimate of drug-likeness (QED) is 0.641. The lowest BCUT2D eigenvalue weighted by atomic mass is 10.1. The fraction of sp³-hybridized carbons (Fsp3) is 0.500. The third-order valence-electron chi connectivity index (χ3n) is 2.55. The Hall–Kier alpha value is -1.16.